The second-order valence-electron chi connectivity index (χ2n) is 6.25. The highest BCUT2D eigenvalue weighted by atomic mass is 19.1. The summed E-state index contributed by atoms with van der Waals surface area (Å²) in [4.78, 5) is 34.5. The molecule has 0 heterocycles. The smallest absolute Gasteiger partial charge is 0.290 e. The van der Waals surface area contributed by atoms with Crippen LogP contribution in [0.5, 0.6) is 0 Å². The molecule has 0 atom stereocenters. The molecule has 134 valence electrons. The Morgan fingerprint density at radius 1 is 1.23 bits per heavy atom. The van der Waals surface area contributed by atoms with Gasteiger partial charge in [-0.25, -0.2) is 4.39 Å². The van der Waals surface area contributed by atoms with E-state index in [2.05, 4.69) is 5.32 Å². The van der Waals surface area contributed by atoms with Crippen LogP contribution in [0.15, 0.2) is 30.3 Å². The van der Waals surface area contributed by atoms with Crippen molar-refractivity contribution >= 4 is 17.5 Å². The summed E-state index contributed by atoms with van der Waals surface area (Å²) in [6.07, 6.45) is 1.84. The SMILES string of the molecule is Cc1ccc(C(=O)NC2CC2)cc1-c1cc(F)cc(C(N)=O)c1[N+](=O)[O-]. The zero-order chi connectivity index (χ0) is 19.0. The molecule has 1 fully saturated rings. The van der Waals surface area contributed by atoms with Gasteiger partial charge in [-0.2, -0.15) is 0 Å². The molecule has 7 nitrogen and oxygen atoms in total. The van der Waals surface area contributed by atoms with Crippen LogP contribution in [0, 0.1) is 22.9 Å². The molecular weight excluding hydrogens is 341 g/mol. The first-order valence-electron chi connectivity index (χ1n) is 7.97. The lowest BCUT2D eigenvalue weighted by atomic mass is 9.94. The number of nitro benzene ring substituents is 1. The predicted octanol–water partition coefficient (Wildman–Crippen LogP) is 2.70. The maximum Gasteiger partial charge on any atom is 0.290 e. The lowest BCUT2D eigenvalue weighted by molar-refractivity contribution is -0.384. The van der Waals surface area contributed by atoms with E-state index in [0.29, 0.717) is 16.7 Å². The van der Waals surface area contributed by atoms with Gasteiger partial charge in [0.05, 0.1) is 10.5 Å². The molecule has 2 aromatic carbocycles. The van der Waals surface area contributed by atoms with Gasteiger partial charge in [-0.15, -0.1) is 0 Å². The van der Waals surface area contributed by atoms with Crippen LogP contribution in [-0.2, 0) is 0 Å². The number of carbonyl (C=O) groups excluding carboxylic acids is 2. The monoisotopic (exact) mass is 357 g/mol. The molecule has 2 aromatic rings. The number of nitrogens with two attached hydrogens (primary N) is 1. The molecule has 3 N–H and O–H groups in total. The highest BCUT2D eigenvalue weighted by Gasteiger charge is 2.28. The van der Waals surface area contributed by atoms with Gasteiger partial charge in [0.2, 0.25) is 0 Å². The molecule has 1 aliphatic carbocycles. The van der Waals surface area contributed by atoms with E-state index in [9.17, 15) is 24.1 Å². The highest BCUT2D eigenvalue weighted by molar-refractivity contribution is 6.01. The van der Waals surface area contributed by atoms with Crippen molar-refractivity contribution in [2.45, 2.75) is 25.8 Å². The molecule has 0 spiro atoms. The fourth-order valence-corrected chi connectivity index (χ4v) is 2.74. The third kappa shape index (κ3) is 3.39. The minimum Gasteiger partial charge on any atom is -0.365 e. The Balaban J connectivity index is 2.17. The van der Waals surface area contributed by atoms with Gasteiger partial charge in [0.15, 0.2) is 0 Å². The Morgan fingerprint density at radius 2 is 1.92 bits per heavy atom. The van der Waals surface area contributed by atoms with Crippen molar-refractivity contribution < 1.29 is 18.9 Å². The van der Waals surface area contributed by atoms with Crippen LogP contribution in [-0.4, -0.2) is 22.8 Å². The Labute approximate surface area is 148 Å². The number of carbonyl (C=O) groups is 2. The number of nitro groups is 1. The minimum atomic E-state index is -1.10. The largest absolute Gasteiger partial charge is 0.365 e. The number of nitrogens with zero attached hydrogens (tertiary/aromatic N) is 1. The summed E-state index contributed by atoms with van der Waals surface area (Å²) in [7, 11) is 0. The topological polar surface area (TPSA) is 115 Å². The third-order valence-corrected chi connectivity index (χ3v) is 4.23. The van der Waals surface area contributed by atoms with Gasteiger partial charge < -0.3 is 11.1 Å². The number of benzene rings is 2. The summed E-state index contributed by atoms with van der Waals surface area (Å²) in [5.74, 6) is -2.23. The van der Waals surface area contributed by atoms with Crippen molar-refractivity contribution in [1.29, 1.82) is 0 Å². The molecule has 0 radical (unpaired) electrons. The molecule has 0 aromatic heterocycles. The van der Waals surface area contributed by atoms with E-state index in [4.69, 9.17) is 5.73 Å². The average molecular weight is 357 g/mol. The molecule has 2 amide bonds. The molecule has 1 saturated carbocycles. The zero-order valence-corrected chi connectivity index (χ0v) is 13.9. The first kappa shape index (κ1) is 17.5. The van der Waals surface area contributed by atoms with Crippen LogP contribution in [0.2, 0.25) is 0 Å². The van der Waals surface area contributed by atoms with Gasteiger partial charge >= 0.3 is 0 Å². The lowest BCUT2D eigenvalue weighted by Gasteiger charge is -2.12. The Kier molecular flexibility index (Phi) is 4.41. The number of amides is 2. The first-order chi connectivity index (χ1) is 12.3. The van der Waals surface area contributed by atoms with Crippen molar-refractivity contribution in [1.82, 2.24) is 5.32 Å². The molecule has 0 aliphatic heterocycles. The Morgan fingerprint density at radius 3 is 2.50 bits per heavy atom. The maximum atomic E-state index is 14.0. The van der Waals surface area contributed by atoms with Crippen LogP contribution in [0.4, 0.5) is 10.1 Å². The molecular formula is C18H16FN3O4. The van der Waals surface area contributed by atoms with Gasteiger partial charge in [-0.1, -0.05) is 6.07 Å². The number of aryl methyl sites for hydroxylation is 1. The van der Waals surface area contributed by atoms with Gasteiger partial charge in [0.1, 0.15) is 11.4 Å². The Bertz CT molecular complexity index is 938. The standard InChI is InChI=1S/C18H16FN3O4/c1-9-2-3-10(18(24)21-12-4-5-12)6-13(9)14-7-11(19)8-15(17(20)23)16(14)22(25)26/h2-3,6-8,12H,4-5H2,1H3,(H2,20,23)(H,21,24). The van der Waals surface area contributed by atoms with Crippen LogP contribution in [0.25, 0.3) is 11.1 Å². The highest BCUT2D eigenvalue weighted by Crippen LogP contribution is 2.36. The second kappa shape index (κ2) is 6.55. The van der Waals surface area contributed by atoms with Gasteiger partial charge in [0.25, 0.3) is 17.5 Å². The number of rotatable bonds is 5. The number of hydrogen-bond donors (Lipinski definition) is 2. The van der Waals surface area contributed by atoms with Crippen molar-refractivity contribution in [3.05, 3.63) is 63.0 Å². The van der Waals surface area contributed by atoms with Crippen LogP contribution in [0.1, 0.15) is 39.1 Å². The molecule has 0 bridgehead atoms. The number of hydrogen-bond acceptors (Lipinski definition) is 4. The number of halogens is 1. The van der Waals surface area contributed by atoms with Crippen LogP contribution in [0.3, 0.4) is 0 Å². The summed E-state index contributed by atoms with van der Waals surface area (Å²) in [6, 6.07) is 6.53. The van der Waals surface area contributed by atoms with Crippen molar-refractivity contribution in [2.75, 3.05) is 0 Å². The average Bonchev–Trinajstić information content (AvgIpc) is 3.37. The van der Waals surface area contributed by atoms with E-state index >= 15 is 0 Å². The van der Waals surface area contributed by atoms with E-state index in [1.54, 1.807) is 19.1 Å². The van der Waals surface area contributed by atoms with Crippen molar-refractivity contribution in [3.63, 3.8) is 0 Å². The van der Waals surface area contributed by atoms with Crippen molar-refractivity contribution in [2.24, 2.45) is 5.73 Å². The van der Waals surface area contributed by atoms with E-state index in [-0.39, 0.29) is 17.5 Å². The number of nitrogens with one attached hydrogen (secondary N) is 1. The van der Waals surface area contributed by atoms with Crippen LogP contribution >= 0.6 is 0 Å². The molecule has 26 heavy (non-hydrogen) atoms. The third-order valence-electron chi connectivity index (χ3n) is 4.23. The molecule has 3 rings (SSSR count). The fraction of sp³-hybridized carbons (Fsp3) is 0.222. The summed E-state index contributed by atoms with van der Waals surface area (Å²) >= 11 is 0. The Hall–Kier alpha value is -3.29. The van der Waals surface area contributed by atoms with Gasteiger partial charge in [-0.05, 0) is 55.2 Å². The molecule has 1 aliphatic rings. The lowest BCUT2D eigenvalue weighted by Crippen LogP contribution is -2.25. The summed E-state index contributed by atoms with van der Waals surface area (Å²) in [6.45, 7) is 1.68. The zero-order valence-electron chi connectivity index (χ0n) is 13.9. The summed E-state index contributed by atoms with van der Waals surface area (Å²) in [5, 5.41) is 14.3. The summed E-state index contributed by atoms with van der Waals surface area (Å²) < 4.78 is 14.0. The molecule has 8 heteroatoms. The minimum absolute atomic E-state index is 0.0950. The van der Waals surface area contributed by atoms with E-state index in [1.165, 1.54) is 6.07 Å². The second-order valence-corrected chi connectivity index (χ2v) is 6.25. The van der Waals surface area contributed by atoms with E-state index in [0.717, 1.165) is 25.0 Å². The molecule has 0 unspecified atom stereocenters. The van der Waals surface area contributed by atoms with Gasteiger partial charge in [0, 0.05) is 11.6 Å². The summed E-state index contributed by atoms with van der Waals surface area (Å²) in [5.41, 5.74) is 5.17. The van der Waals surface area contributed by atoms with E-state index in [1.807, 2.05) is 0 Å². The predicted molar refractivity (Wildman–Crippen MR) is 92.2 cm³/mol. The van der Waals surface area contributed by atoms with Crippen molar-refractivity contribution in [3.8, 4) is 11.1 Å². The quantitative estimate of drug-likeness (QED) is 0.632. The fourth-order valence-electron chi connectivity index (χ4n) is 2.74. The molecule has 0 saturated heterocycles. The maximum absolute atomic E-state index is 14.0. The van der Waals surface area contributed by atoms with Crippen LogP contribution < -0.4 is 11.1 Å². The first-order valence-corrected chi connectivity index (χ1v) is 7.97. The van der Waals surface area contributed by atoms with E-state index < -0.39 is 27.9 Å². The normalized spacial score (nSPS) is 13.3. The number of primary amides is 1. The van der Waals surface area contributed by atoms with Gasteiger partial charge in [-0.3, -0.25) is 19.7 Å².